The lowest BCUT2D eigenvalue weighted by Gasteiger charge is -2.24. The van der Waals surface area contributed by atoms with Crippen LogP contribution in [0.1, 0.15) is 40.0 Å². The van der Waals surface area contributed by atoms with E-state index in [-0.39, 0.29) is 17.2 Å². The van der Waals surface area contributed by atoms with Gasteiger partial charge >= 0.3 is 0 Å². The Bertz CT molecular complexity index is 931. The first-order chi connectivity index (χ1) is 13.9. The van der Waals surface area contributed by atoms with E-state index >= 15 is 0 Å². The van der Waals surface area contributed by atoms with Crippen LogP contribution < -0.4 is 5.32 Å². The standard InChI is InChI=1S/C14H8F3N.C7H13NO.C2H6/c15-10-3-1-8(2-4-10)13-6-9-5-11(16)7-12(17)14(9)18-13;1-6(9)8-5-7-3-2-4-7;1-2/h1-7,18H;7H,2-5H2,1H3,(H,8,9);1-2H3. The molecule has 1 heterocycles. The van der Waals surface area contributed by atoms with E-state index in [1.807, 2.05) is 13.8 Å². The average Bonchev–Trinajstić information content (AvgIpc) is 3.07. The number of nitrogens with one attached hydrogen (secondary N) is 2. The summed E-state index contributed by atoms with van der Waals surface area (Å²) in [5.74, 6) is -0.717. The van der Waals surface area contributed by atoms with Gasteiger partial charge in [-0.3, -0.25) is 4.79 Å². The van der Waals surface area contributed by atoms with Gasteiger partial charge in [-0.2, -0.15) is 0 Å². The zero-order valence-electron chi connectivity index (χ0n) is 17.0. The molecule has 156 valence electrons. The van der Waals surface area contributed by atoms with Crippen molar-refractivity contribution >= 4 is 16.8 Å². The number of H-pyrrole nitrogens is 1. The van der Waals surface area contributed by atoms with Gasteiger partial charge < -0.3 is 10.3 Å². The number of benzene rings is 2. The highest BCUT2D eigenvalue weighted by molar-refractivity contribution is 5.86. The zero-order valence-corrected chi connectivity index (χ0v) is 17.0. The summed E-state index contributed by atoms with van der Waals surface area (Å²) in [6.07, 6.45) is 3.96. The summed E-state index contributed by atoms with van der Waals surface area (Å²) in [6, 6.07) is 9.50. The summed E-state index contributed by atoms with van der Waals surface area (Å²) < 4.78 is 39.4. The third-order valence-electron chi connectivity index (χ3n) is 4.66. The molecule has 0 saturated heterocycles. The lowest BCUT2D eigenvalue weighted by Crippen LogP contribution is -2.30. The SMILES string of the molecule is CC.CC(=O)NCC1CCC1.Fc1ccc(-c2cc3cc(F)cc(F)c3[nH]2)cc1. The number of carbonyl (C=O) groups excluding carboxylic acids is 1. The molecule has 0 aliphatic heterocycles. The van der Waals surface area contributed by atoms with E-state index in [0.29, 0.717) is 16.6 Å². The molecule has 3 nitrogen and oxygen atoms in total. The second kappa shape index (κ2) is 10.7. The fraction of sp³-hybridized carbons (Fsp3) is 0.348. The predicted octanol–water partition coefficient (Wildman–Crippen LogP) is 6.20. The molecule has 1 aromatic heterocycles. The second-order valence-corrected chi connectivity index (χ2v) is 6.78. The molecule has 0 unspecified atom stereocenters. The van der Waals surface area contributed by atoms with Crippen molar-refractivity contribution in [3.8, 4) is 11.3 Å². The Morgan fingerprint density at radius 3 is 2.24 bits per heavy atom. The summed E-state index contributed by atoms with van der Waals surface area (Å²) in [6.45, 7) is 6.47. The lowest BCUT2D eigenvalue weighted by molar-refractivity contribution is -0.119. The maximum absolute atomic E-state index is 13.5. The quantitative estimate of drug-likeness (QED) is 0.536. The van der Waals surface area contributed by atoms with Crippen LogP contribution in [0.5, 0.6) is 0 Å². The number of fused-ring (bicyclic) bond motifs is 1. The van der Waals surface area contributed by atoms with Crippen molar-refractivity contribution < 1.29 is 18.0 Å². The van der Waals surface area contributed by atoms with Crippen molar-refractivity contribution in [2.45, 2.75) is 40.0 Å². The largest absolute Gasteiger partial charge is 0.356 e. The molecule has 1 amide bonds. The third kappa shape index (κ3) is 6.38. The van der Waals surface area contributed by atoms with Gasteiger partial charge in [-0.15, -0.1) is 0 Å². The highest BCUT2D eigenvalue weighted by Gasteiger charge is 2.16. The highest BCUT2D eigenvalue weighted by atomic mass is 19.1. The van der Waals surface area contributed by atoms with E-state index in [0.717, 1.165) is 18.5 Å². The van der Waals surface area contributed by atoms with Crippen LogP contribution in [0.15, 0.2) is 42.5 Å². The van der Waals surface area contributed by atoms with Crippen molar-refractivity contribution in [3.63, 3.8) is 0 Å². The van der Waals surface area contributed by atoms with Crippen LogP contribution in [0.4, 0.5) is 13.2 Å². The smallest absolute Gasteiger partial charge is 0.216 e. The minimum absolute atomic E-state index is 0.0990. The molecule has 4 rings (SSSR count). The Labute approximate surface area is 169 Å². The molecule has 1 fully saturated rings. The van der Waals surface area contributed by atoms with Gasteiger partial charge in [0.15, 0.2) is 0 Å². The molecule has 0 bridgehead atoms. The number of aromatic amines is 1. The van der Waals surface area contributed by atoms with E-state index in [1.165, 1.54) is 37.5 Å². The first-order valence-electron chi connectivity index (χ1n) is 9.90. The van der Waals surface area contributed by atoms with Crippen LogP contribution in [0, 0.1) is 23.4 Å². The van der Waals surface area contributed by atoms with Crippen molar-refractivity contribution in [3.05, 3.63) is 59.9 Å². The minimum atomic E-state index is -0.640. The Morgan fingerprint density at radius 1 is 1.03 bits per heavy atom. The van der Waals surface area contributed by atoms with Crippen LogP contribution in [0.3, 0.4) is 0 Å². The Kier molecular flexibility index (Phi) is 8.31. The summed E-state index contributed by atoms with van der Waals surface area (Å²) in [7, 11) is 0. The topological polar surface area (TPSA) is 44.9 Å². The Morgan fingerprint density at radius 2 is 1.69 bits per heavy atom. The van der Waals surface area contributed by atoms with Gasteiger partial charge in [0, 0.05) is 30.6 Å². The van der Waals surface area contributed by atoms with Gasteiger partial charge in [0.1, 0.15) is 17.5 Å². The Hall–Kier alpha value is -2.76. The van der Waals surface area contributed by atoms with Gasteiger partial charge in [-0.05, 0) is 60.7 Å². The van der Waals surface area contributed by atoms with Crippen LogP contribution in [-0.4, -0.2) is 17.4 Å². The Balaban J connectivity index is 0.000000231. The molecule has 1 aliphatic rings. The third-order valence-corrected chi connectivity index (χ3v) is 4.66. The summed E-state index contributed by atoms with van der Waals surface area (Å²) in [5, 5.41) is 3.26. The van der Waals surface area contributed by atoms with E-state index in [4.69, 9.17) is 0 Å². The van der Waals surface area contributed by atoms with Gasteiger partial charge in [0.2, 0.25) is 5.91 Å². The lowest BCUT2D eigenvalue weighted by atomic mass is 9.85. The monoisotopic (exact) mass is 404 g/mol. The normalized spacial score (nSPS) is 12.9. The molecule has 6 heteroatoms. The number of carbonyl (C=O) groups is 1. The highest BCUT2D eigenvalue weighted by Crippen LogP contribution is 2.27. The number of hydrogen-bond acceptors (Lipinski definition) is 1. The van der Waals surface area contributed by atoms with Crippen molar-refractivity contribution in [1.82, 2.24) is 10.3 Å². The predicted molar refractivity (Wildman–Crippen MR) is 111 cm³/mol. The molecule has 0 radical (unpaired) electrons. The second-order valence-electron chi connectivity index (χ2n) is 6.78. The van der Waals surface area contributed by atoms with Crippen LogP contribution in [0.2, 0.25) is 0 Å². The zero-order chi connectivity index (χ0) is 21.4. The van der Waals surface area contributed by atoms with E-state index in [1.54, 1.807) is 25.1 Å². The number of amides is 1. The summed E-state index contributed by atoms with van der Waals surface area (Å²) >= 11 is 0. The number of halogens is 3. The number of aromatic nitrogens is 1. The van der Waals surface area contributed by atoms with Crippen LogP contribution in [-0.2, 0) is 4.79 Å². The molecular weight excluding hydrogens is 377 g/mol. The molecule has 0 spiro atoms. The summed E-state index contributed by atoms with van der Waals surface area (Å²) in [4.78, 5) is 13.2. The summed E-state index contributed by atoms with van der Waals surface area (Å²) in [5.41, 5.74) is 1.58. The van der Waals surface area contributed by atoms with Gasteiger partial charge in [0.25, 0.3) is 0 Å². The number of rotatable bonds is 3. The minimum Gasteiger partial charge on any atom is -0.356 e. The molecule has 1 aliphatic carbocycles. The first kappa shape index (κ1) is 22.5. The van der Waals surface area contributed by atoms with Crippen LogP contribution >= 0.6 is 0 Å². The molecule has 2 aromatic carbocycles. The van der Waals surface area contributed by atoms with Gasteiger partial charge in [-0.1, -0.05) is 20.3 Å². The molecule has 29 heavy (non-hydrogen) atoms. The average molecular weight is 404 g/mol. The fourth-order valence-corrected chi connectivity index (χ4v) is 2.94. The van der Waals surface area contributed by atoms with Crippen molar-refractivity contribution in [2.75, 3.05) is 6.54 Å². The molecule has 2 N–H and O–H groups in total. The fourth-order valence-electron chi connectivity index (χ4n) is 2.94. The van der Waals surface area contributed by atoms with Crippen LogP contribution in [0.25, 0.3) is 22.2 Å². The van der Waals surface area contributed by atoms with Gasteiger partial charge in [0.05, 0.1) is 5.52 Å². The van der Waals surface area contributed by atoms with E-state index < -0.39 is 11.6 Å². The molecular formula is C23H27F3N2O. The maximum Gasteiger partial charge on any atom is 0.216 e. The maximum atomic E-state index is 13.5. The van der Waals surface area contributed by atoms with E-state index in [9.17, 15) is 18.0 Å². The number of hydrogen-bond donors (Lipinski definition) is 2. The molecule has 0 atom stereocenters. The molecule has 3 aromatic rings. The molecule has 1 saturated carbocycles. The van der Waals surface area contributed by atoms with Crippen molar-refractivity contribution in [2.24, 2.45) is 5.92 Å². The van der Waals surface area contributed by atoms with Gasteiger partial charge in [-0.25, -0.2) is 13.2 Å². The van der Waals surface area contributed by atoms with E-state index in [2.05, 4.69) is 10.3 Å². The first-order valence-corrected chi connectivity index (χ1v) is 9.90. The van der Waals surface area contributed by atoms with Crippen molar-refractivity contribution in [1.29, 1.82) is 0 Å².